The van der Waals surface area contributed by atoms with Gasteiger partial charge in [-0.3, -0.25) is 0 Å². The molecule has 0 aliphatic heterocycles. The van der Waals surface area contributed by atoms with E-state index in [9.17, 15) is 5.11 Å². The van der Waals surface area contributed by atoms with Gasteiger partial charge >= 0.3 is 0 Å². The first-order valence-corrected chi connectivity index (χ1v) is 8.10. The molecule has 0 saturated heterocycles. The Morgan fingerprint density at radius 1 is 1.15 bits per heavy atom. The third-order valence-electron chi connectivity index (χ3n) is 4.61. The number of rotatable bonds is 7. The van der Waals surface area contributed by atoms with Gasteiger partial charge < -0.3 is 10.0 Å². The van der Waals surface area contributed by atoms with Crippen molar-refractivity contribution in [2.75, 3.05) is 19.6 Å². The topological polar surface area (TPSA) is 23.5 Å². The van der Waals surface area contributed by atoms with Crippen molar-refractivity contribution in [2.45, 2.75) is 52.1 Å². The largest absolute Gasteiger partial charge is 0.387 e. The number of benzene rings is 1. The van der Waals surface area contributed by atoms with Gasteiger partial charge in [0.15, 0.2) is 0 Å². The van der Waals surface area contributed by atoms with Crippen LogP contribution in [0.25, 0.3) is 0 Å². The first-order valence-electron chi connectivity index (χ1n) is 8.10. The maximum Gasteiger partial charge on any atom is 0.0916 e. The molecule has 0 radical (unpaired) electrons. The fourth-order valence-corrected chi connectivity index (χ4v) is 2.83. The molecule has 1 aromatic carbocycles. The minimum atomic E-state index is -0.365. The zero-order valence-electron chi connectivity index (χ0n) is 13.2. The maximum absolute atomic E-state index is 10.4. The summed E-state index contributed by atoms with van der Waals surface area (Å²) in [4.78, 5) is 2.39. The number of likely N-dealkylation sites (N-methyl/N-ethyl adjacent to an activating group) is 1. The van der Waals surface area contributed by atoms with Gasteiger partial charge in [0.1, 0.15) is 0 Å². The Kier molecular flexibility index (Phi) is 5.62. The molecule has 2 heteroatoms. The second-order valence-corrected chi connectivity index (χ2v) is 6.49. The van der Waals surface area contributed by atoms with Crippen molar-refractivity contribution in [2.24, 2.45) is 5.92 Å². The van der Waals surface area contributed by atoms with E-state index in [1.165, 1.54) is 24.8 Å². The van der Waals surface area contributed by atoms with Gasteiger partial charge in [0.2, 0.25) is 0 Å². The lowest BCUT2D eigenvalue weighted by Gasteiger charge is -2.32. The Bertz CT molecular complexity index is 394. The summed E-state index contributed by atoms with van der Waals surface area (Å²) in [5.74, 6) is 1.41. The summed E-state index contributed by atoms with van der Waals surface area (Å²) in [5, 5.41) is 10.4. The van der Waals surface area contributed by atoms with Crippen LogP contribution in [0.5, 0.6) is 0 Å². The highest BCUT2D eigenvalue weighted by Gasteiger charge is 2.21. The molecular weight excluding hydrogens is 246 g/mol. The van der Waals surface area contributed by atoms with E-state index in [0.29, 0.717) is 5.92 Å². The molecule has 1 unspecified atom stereocenters. The van der Waals surface area contributed by atoms with Crippen LogP contribution in [0.4, 0.5) is 0 Å². The molecule has 0 bridgehead atoms. The molecule has 1 aromatic rings. The van der Waals surface area contributed by atoms with Crippen molar-refractivity contribution in [3.63, 3.8) is 0 Å². The van der Waals surface area contributed by atoms with Gasteiger partial charge in [-0.15, -0.1) is 0 Å². The van der Waals surface area contributed by atoms with E-state index in [-0.39, 0.29) is 6.10 Å². The van der Waals surface area contributed by atoms with Crippen LogP contribution < -0.4 is 0 Å². The van der Waals surface area contributed by atoms with Crippen molar-refractivity contribution in [1.29, 1.82) is 0 Å². The summed E-state index contributed by atoms with van der Waals surface area (Å²) >= 11 is 0. The van der Waals surface area contributed by atoms with Crippen LogP contribution >= 0.6 is 0 Å². The number of aliphatic hydroxyl groups excluding tert-OH is 1. The number of hydrogen-bond donors (Lipinski definition) is 1. The zero-order chi connectivity index (χ0) is 14.5. The maximum atomic E-state index is 10.4. The predicted molar refractivity (Wildman–Crippen MR) is 84.9 cm³/mol. The minimum absolute atomic E-state index is 0.365. The van der Waals surface area contributed by atoms with Gasteiger partial charge in [0.05, 0.1) is 6.10 Å². The van der Waals surface area contributed by atoms with Crippen molar-refractivity contribution >= 4 is 0 Å². The molecule has 2 rings (SSSR count). The highest BCUT2D eigenvalue weighted by Crippen LogP contribution is 2.28. The average Bonchev–Trinajstić information content (AvgIpc) is 2.41. The average molecular weight is 275 g/mol. The van der Waals surface area contributed by atoms with E-state index in [0.717, 1.165) is 31.1 Å². The minimum Gasteiger partial charge on any atom is -0.387 e. The van der Waals surface area contributed by atoms with Gasteiger partial charge in [-0.2, -0.15) is 0 Å². The predicted octanol–water partition coefficient (Wildman–Crippen LogP) is 3.97. The number of aliphatic hydroxyl groups is 1. The van der Waals surface area contributed by atoms with E-state index in [1.54, 1.807) is 0 Å². The van der Waals surface area contributed by atoms with Crippen LogP contribution in [0.1, 0.15) is 63.2 Å². The molecule has 1 aliphatic carbocycles. The molecule has 0 amide bonds. The lowest BCUT2D eigenvalue weighted by atomic mass is 9.85. The Morgan fingerprint density at radius 2 is 1.75 bits per heavy atom. The second-order valence-electron chi connectivity index (χ2n) is 6.49. The molecule has 2 nitrogen and oxygen atoms in total. The number of hydrogen-bond acceptors (Lipinski definition) is 2. The number of nitrogens with zero attached hydrogens (tertiary/aromatic N) is 1. The van der Waals surface area contributed by atoms with Gasteiger partial charge in [-0.1, -0.05) is 51.5 Å². The van der Waals surface area contributed by atoms with E-state index >= 15 is 0 Å². The van der Waals surface area contributed by atoms with Gasteiger partial charge in [-0.05, 0) is 42.3 Å². The Labute approximate surface area is 123 Å². The summed E-state index contributed by atoms with van der Waals surface area (Å²) in [6.07, 6.45) is 3.77. The van der Waals surface area contributed by atoms with Gasteiger partial charge in [0.25, 0.3) is 0 Å². The third kappa shape index (κ3) is 4.07. The Morgan fingerprint density at radius 3 is 2.20 bits per heavy atom. The summed E-state index contributed by atoms with van der Waals surface area (Å²) in [6.45, 7) is 9.52. The van der Waals surface area contributed by atoms with E-state index in [4.69, 9.17) is 0 Å². The standard InChI is InChI=1S/C18H29NO/c1-4-19(12-15-6-5-7-15)13-18(20)17-10-8-16(9-11-17)14(2)3/h8-11,14-15,18,20H,4-7,12-13H2,1-3H3. The van der Waals surface area contributed by atoms with Crippen LogP contribution in [0, 0.1) is 5.92 Å². The molecule has 0 spiro atoms. The SMILES string of the molecule is CCN(CC1CCC1)CC(O)c1ccc(C(C)C)cc1. The quantitative estimate of drug-likeness (QED) is 0.814. The normalized spacial score (nSPS) is 17.5. The lowest BCUT2D eigenvalue weighted by Crippen LogP contribution is -2.35. The monoisotopic (exact) mass is 275 g/mol. The van der Waals surface area contributed by atoms with Crippen LogP contribution in [0.15, 0.2) is 24.3 Å². The summed E-state index contributed by atoms with van der Waals surface area (Å²) in [7, 11) is 0. The van der Waals surface area contributed by atoms with Crippen LogP contribution in [0.3, 0.4) is 0 Å². The highest BCUT2D eigenvalue weighted by atomic mass is 16.3. The molecule has 0 heterocycles. The molecule has 20 heavy (non-hydrogen) atoms. The molecular formula is C18H29NO. The van der Waals surface area contributed by atoms with Crippen molar-refractivity contribution in [3.05, 3.63) is 35.4 Å². The Hall–Kier alpha value is -0.860. The van der Waals surface area contributed by atoms with Crippen molar-refractivity contribution in [3.8, 4) is 0 Å². The molecule has 1 saturated carbocycles. The van der Waals surface area contributed by atoms with Crippen molar-refractivity contribution < 1.29 is 5.11 Å². The molecule has 1 aliphatic rings. The van der Waals surface area contributed by atoms with Gasteiger partial charge in [-0.25, -0.2) is 0 Å². The molecule has 1 N–H and O–H groups in total. The molecule has 1 fully saturated rings. The smallest absolute Gasteiger partial charge is 0.0916 e. The van der Waals surface area contributed by atoms with Crippen molar-refractivity contribution in [1.82, 2.24) is 4.90 Å². The summed E-state index contributed by atoms with van der Waals surface area (Å²) < 4.78 is 0. The molecule has 112 valence electrons. The first kappa shape index (κ1) is 15.5. The first-order chi connectivity index (χ1) is 9.60. The fraction of sp³-hybridized carbons (Fsp3) is 0.667. The van der Waals surface area contributed by atoms with Crippen LogP contribution in [0.2, 0.25) is 0 Å². The fourth-order valence-electron chi connectivity index (χ4n) is 2.83. The van der Waals surface area contributed by atoms with E-state index in [1.807, 2.05) is 0 Å². The Balaban J connectivity index is 1.89. The highest BCUT2D eigenvalue weighted by molar-refractivity contribution is 5.26. The zero-order valence-corrected chi connectivity index (χ0v) is 13.2. The van der Waals surface area contributed by atoms with Crippen LogP contribution in [-0.2, 0) is 0 Å². The van der Waals surface area contributed by atoms with E-state index < -0.39 is 0 Å². The van der Waals surface area contributed by atoms with E-state index in [2.05, 4.69) is 49.9 Å². The lowest BCUT2D eigenvalue weighted by molar-refractivity contribution is 0.0941. The van der Waals surface area contributed by atoms with Crippen LogP contribution in [-0.4, -0.2) is 29.6 Å². The van der Waals surface area contributed by atoms with Gasteiger partial charge in [0, 0.05) is 13.1 Å². The third-order valence-corrected chi connectivity index (χ3v) is 4.61. The molecule has 1 atom stereocenters. The second kappa shape index (κ2) is 7.24. The summed E-state index contributed by atoms with van der Waals surface area (Å²) in [6, 6.07) is 8.45. The summed E-state index contributed by atoms with van der Waals surface area (Å²) in [5.41, 5.74) is 2.38. The molecule has 0 aromatic heterocycles.